The van der Waals surface area contributed by atoms with Crippen LogP contribution >= 0.6 is 12.2 Å². The lowest BCUT2D eigenvalue weighted by molar-refractivity contribution is 0.121. The van der Waals surface area contributed by atoms with Crippen LogP contribution in [0.5, 0.6) is 0 Å². The molecule has 15 heavy (non-hydrogen) atoms. The van der Waals surface area contributed by atoms with Gasteiger partial charge in [0.15, 0.2) is 0 Å². The van der Waals surface area contributed by atoms with Gasteiger partial charge < -0.3 is 10.5 Å². The smallest absolute Gasteiger partial charge is 0.422 e. The number of rotatable bonds is 5. The second-order valence-electron chi connectivity index (χ2n) is 2.85. The van der Waals surface area contributed by atoms with Crippen LogP contribution in [0.2, 0.25) is 0 Å². The summed E-state index contributed by atoms with van der Waals surface area (Å²) in [5, 5.41) is 0. The zero-order valence-electron chi connectivity index (χ0n) is 8.31. The van der Waals surface area contributed by atoms with E-state index in [-0.39, 0.29) is 11.5 Å². The van der Waals surface area contributed by atoms with Gasteiger partial charge in [0.05, 0.1) is 17.6 Å². The van der Waals surface area contributed by atoms with Crippen molar-refractivity contribution in [2.24, 2.45) is 5.73 Å². The molecule has 0 aromatic carbocycles. The van der Waals surface area contributed by atoms with Crippen LogP contribution in [-0.2, 0) is 14.9 Å². The highest BCUT2D eigenvalue weighted by Crippen LogP contribution is 1.89. The van der Waals surface area contributed by atoms with Crippen LogP contribution in [-0.4, -0.2) is 32.1 Å². The normalized spacial score (nSPS) is 11.1. The molecule has 0 aliphatic carbocycles. The minimum Gasteiger partial charge on any atom is -0.446 e. The van der Waals surface area contributed by atoms with E-state index in [2.05, 4.69) is 17.0 Å². The number of ether oxygens (including phenoxy) is 1. The highest BCUT2D eigenvalue weighted by Gasteiger charge is 2.15. The van der Waals surface area contributed by atoms with E-state index in [4.69, 9.17) is 5.73 Å². The molecule has 0 bridgehead atoms. The van der Waals surface area contributed by atoms with Crippen LogP contribution in [0.4, 0.5) is 4.79 Å². The molecular weight excluding hydrogens is 242 g/mol. The van der Waals surface area contributed by atoms with Gasteiger partial charge in [0.25, 0.3) is 0 Å². The second-order valence-corrected chi connectivity index (χ2v) is 4.87. The van der Waals surface area contributed by atoms with Gasteiger partial charge in [-0.2, -0.15) is 13.1 Å². The molecule has 0 fully saturated rings. The molecule has 4 N–H and O–H groups in total. The molecule has 0 atom stereocenters. The average molecular weight is 255 g/mol. The molecule has 7 nitrogen and oxygen atoms in total. The molecule has 88 valence electrons. The van der Waals surface area contributed by atoms with Crippen molar-refractivity contribution in [2.75, 3.05) is 6.54 Å². The van der Waals surface area contributed by atoms with Crippen molar-refractivity contribution in [3.8, 4) is 0 Å². The van der Waals surface area contributed by atoms with Crippen molar-refractivity contribution < 1.29 is 17.9 Å². The topological polar surface area (TPSA) is 111 Å². The maximum absolute atomic E-state index is 11.1. The molecule has 0 heterocycles. The first kappa shape index (κ1) is 14.1. The molecule has 0 aromatic rings. The lowest BCUT2D eigenvalue weighted by Crippen LogP contribution is -2.43. The third-order valence-corrected chi connectivity index (χ3v) is 2.10. The number of hydrogen-bond donors (Lipinski definition) is 3. The monoisotopic (exact) mass is 255 g/mol. The summed E-state index contributed by atoms with van der Waals surface area (Å²) >= 11 is 4.45. The Hall–Kier alpha value is -0.930. The lowest BCUT2D eigenvalue weighted by atomic mass is 10.5. The first-order valence-electron chi connectivity index (χ1n) is 3.99. The molecule has 0 saturated heterocycles. The summed E-state index contributed by atoms with van der Waals surface area (Å²) in [7, 11) is -3.96. The maximum Gasteiger partial charge on any atom is 0.422 e. The molecule has 0 saturated carbocycles. The van der Waals surface area contributed by atoms with Gasteiger partial charge in [0.2, 0.25) is 0 Å². The number of nitrogens with one attached hydrogen (secondary N) is 2. The fourth-order valence-electron chi connectivity index (χ4n) is 0.550. The largest absolute Gasteiger partial charge is 0.446 e. The van der Waals surface area contributed by atoms with E-state index in [1.165, 1.54) is 0 Å². The van der Waals surface area contributed by atoms with E-state index >= 15 is 0 Å². The third kappa shape index (κ3) is 8.09. The van der Waals surface area contributed by atoms with E-state index in [0.29, 0.717) is 0 Å². The standard InChI is InChI=1S/C6H13N3O4S2/c1-4(2)13-6(10)9-15(11,12)8-3-5(7)14/h4,8H,3H2,1-2H3,(H2,7,14)(H,9,10). The number of thiocarbonyl (C=S) groups is 1. The zero-order valence-corrected chi connectivity index (χ0v) is 9.94. The van der Waals surface area contributed by atoms with Gasteiger partial charge in [0, 0.05) is 0 Å². The highest BCUT2D eigenvalue weighted by molar-refractivity contribution is 7.88. The number of nitrogens with two attached hydrogens (primary N) is 1. The van der Waals surface area contributed by atoms with Crippen molar-refractivity contribution in [1.82, 2.24) is 9.44 Å². The Morgan fingerprint density at radius 1 is 1.53 bits per heavy atom. The second kappa shape index (κ2) is 5.83. The Balaban J connectivity index is 4.14. The van der Waals surface area contributed by atoms with Gasteiger partial charge in [-0.05, 0) is 13.8 Å². The molecule has 1 amide bonds. The van der Waals surface area contributed by atoms with Gasteiger partial charge in [-0.3, -0.25) is 0 Å². The molecular formula is C6H13N3O4S2. The molecule has 0 aliphatic heterocycles. The summed E-state index contributed by atoms with van der Waals surface area (Å²) < 4.78 is 30.3. The predicted octanol–water partition coefficient (Wildman–Crippen LogP) is -0.758. The molecule has 0 aromatic heterocycles. The van der Waals surface area contributed by atoms with Crippen molar-refractivity contribution in [3.05, 3.63) is 0 Å². The van der Waals surface area contributed by atoms with Crippen LogP contribution in [0.25, 0.3) is 0 Å². The predicted molar refractivity (Wildman–Crippen MR) is 58.5 cm³/mol. The first-order chi connectivity index (χ1) is 6.73. The minimum absolute atomic E-state index is 0.0300. The van der Waals surface area contributed by atoms with Crippen LogP contribution < -0.4 is 15.2 Å². The molecule has 0 radical (unpaired) electrons. The van der Waals surface area contributed by atoms with E-state index in [9.17, 15) is 13.2 Å². The fraction of sp³-hybridized carbons (Fsp3) is 0.667. The van der Waals surface area contributed by atoms with Crippen LogP contribution in [0.3, 0.4) is 0 Å². The van der Waals surface area contributed by atoms with Crippen LogP contribution in [0.1, 0.15) is 13.8 Å². The van der Waals surface area contributed by atoms with Crippen molar-refractivity contribution in [3.63, 3.8) is 0 Å². The van der Waals surface area contributed by atoms with Crippen LogP contribution in [0, 0.1) is 0 Å². The number of carbonyl (C=O) groups is 1. The average Bonchev–Trinajstić information content (AvgIpc) is 1.98. The summed E-state index contributed by atoms with van der Waals surface area (Å²) in [6.07, 6.45) is -1.46. The third-order valence-electron chi connectivity index (χ3n) is 0.997. The Morgan fingerprint density at radius 3 is 2.47 bits per heavy atom. The number of hydrogen-bond acceptors (Lipinski definition) is 5. The molecule has 0 aliphatic rings. The Bertz CT molecular complexity index is 338. The van der Waals surface area contributed by atoms with E-state index in [0.717, 1.165) is 0 Å². The molecule has 0 unspecified atom stereocenters. The molecule has 0 rings (SSSR count). The summed E-state index contributed by atoms with van der Waals surface area (Å²) in [5.41, 5.74) is 5.07. The van der Waals surface area contributed by atoms with E-state index in [1.54, 1.807) is 18.6 Å². The zero-order chi connectivity index (χ0) is 12.1. The maximum atomic E-state index is 11.1. The van der Waals surface area contributed by atoms with Gasteiger partial charge in [-0.25, -0.2) is 9.52 Å². The van der Waals surface area contributed by atoms with Crippen molar-refractivity contribution in [2.45, 2.75) is 20.0 Å². The SMILES string of the molecule is CC(C)OC(=O)NS(=O)(=O)NCC(N)=S. The molecule has 0 spiro atoms. The van der Waals surface area contributed by atoms with Crippen molar-refractivity contribution >= 4 is 33.5 Å². The summed E-state index contributed by atoms with van der Waals surface area (Å²) in [4.78, 5) is 10.9. The summed E-state index contributed by atoms with van der Waals surface area (Å²) in [5.74, 6) is 0. The summed E-state index contributed by atoms with van der Waals surface area (Å²) in [6, 6.07) is 0. The van der Waals surface area contributed by atoms with E-state index < -0.39 is 22.4 Å². The number of amides is 1. The van der Waals surface area contributed by atoms with Gasteiger partial charge in [-0.1, -0.05) is 12.2 Å². The van der Waals surface area contributed by atoms with Gasteiger partial charge in [-0.15, -0.1) is 0 Å². The Morgan fingerprint density at radius 2 is 2.07 bits per heavy atom. The summed E-state index contributed by atoms with van der Waals surface area (Å²) in [6.45, 7) is 2.96. The van der Waals surface area contributed by atoms with Crippen LogP contribution in [0.15, 0.2) is 0 Å². The fourth-order valence-corrected chi connectivity index (χ4v) is 1.40. The lowest BCUT2D eigenvalue weighted by Gasteiger charge is -2.10. The minimum atomic E-state index is -3.96. The van der Waals surface area contributed by atoms with Crippen molar-refractivity contribution in [1.29, 1.82) is 0 Å². The number of carbonyl (C=O) groups excluding carboxylic acids is 1. The Kier molecular flexibility index (Phi) is 5.47. The Labute approximate surface area is 93.5 Å². The molecule has 9 heteroatoms. The quantitative estimate of drug-likeness (QED) is 0.557. The van der Waals surface area contributed by atoms with Gasteiger partial charge >= 0.3 is 16.3 Å². The van der Waals surface area contributed by atoms with E-state index in [1.807, 2.05) is 4.72 Å². The first-order valence-corrected chi connectivity index (χ1v) is 5.88. The van der Waals surface area contributed by atoms with Gasteiger partial charge in [0.1, 0.15) is 0 Å². The highest BCUT2D eigenvalue weighted by atomic mass is 32.2.